The molecule has 0 bridgehead atoms. The zero-order chi connectivity index (χ0) is 19.2. The fraction of sp³-hybridized carbons (Fsp3) is 0.211. The molecule has 0 spiro atoms. The predicted octanol–water partition coefficient (Wildman–Crippen LogP) is 1.43. The van der Waals surface area contributed by atoms with Crippen molar-refractivity contribution in [3.8, 4) is 0 Å². The molecule has 0 fully saturated rings. The number of hydrogen-bond acceptors (Lipinski definition) is 4. The summed E-state index contributed by atoms with van der Waals surface area (Å²) in [6.07, 6.45) is 1.66. The van der Waals surface area contributed by atoms with Gasteiger partial charge in [0, 0.05) is 31.8 Å². The Kier molecular flexibility index (Phi) is 5.87. The first-order valence-corrected chi connectivity index (χ1v) is 9.32. The zero-order valence-electron chi connectivity index (χ0n) is 14.8. The van der Waals surface area contributed by atoms with Crippen LogP contribution in [0, 0.1) is 0 Å². The topological polar surface area (TPSA) is 96.0 Å². The summed E-state index contributed by atoms with van der Waals surface area (Å²) in [5, 5.41) is 10.1. The van der Waals surface area contributed by atoms with Gasteiger partial charge in [0.05, 0.1) is 4.88 Å². The van der Waals surface area contributed by atoms with E-state index in [-0.39, 0.29) is 23.8 Å². The average Bonchev–Trinajstić information content (AvgIpc) is 3.32. The van der Waals surface area contributed by atoms with Crippen LogP contribution in [0.5, 0.6) is 0 Å². The minimum absolute atomic E-state index is 0.105. The molecule has 0 radical (unpaired) electrons. The molecule has 0 aliphatic rings. The normalized spacial score (nSPS) is 11.7. The van der Waals surface area contributed by atoms with Gasteiger partial charge >= 0.3 is 0 Å². The van der Waals surface area contributed by atoms with Crippen LogP contribution in [0.3, 0.4) is 0 Å². The second-order valence-electron chi connectivity index (χ2n) is 6.07. The molecule has 3 N–H and O–H groups in total. The number of aromatic nitrogens is 2. The molecular formula is C19H20N4O3S. The minimum atomic E-state index is -0.855. The molecule has 0 aliphatic carbocycles. The number of amides is 2. The SMILES string of the molecule is Cn1[nH]cc(CC(NC(=O)c2cccs2)C(=O)NCc2ccccc2)c1=O. The molecule has 3 aromatic rings. The molecule has 1 atom stereocenters. The molecule has 0 aliphatic heterocycles. The Morgan fingerprint density at radius 3 is 2.59 bits per heavy atom. The average molecular weight is 384 g/mol. The molecule has 3 rings (SSSR count). The van der Waals surface area contributed by atoms with Gasteiger partial charge in [0.2, 0.25) is 5.91 Å². The highest BCUT2D eigenvalue weighted by Gasteiger charge is 2.24. The number of thiophene rings is 1. The Morgan fingerprint density at radius 2 is 1.96 bits per heavy atom. The van der Waals surface area contributed by atoms with E-state index in [0.717, 1.165) is 5.56 Å². The highest BCUT2D eigenvalue weighted by Crippen LogP contribution is 2.09. The first kappa shape index (κ1) is 18.7. The van der Waals surface area contributed by atoms with Gasteiger partial charge in [-0.3, -0.25) is 19.1 Å². The molecule has 1 aromatic carbocycles. The van der Waals surface area contributed by atoms with E-state index in [2.05, 4.69) is 15.7 Å². The lowest BCUT2D eigenvalue weighted by Gasteiger charge is -2.17. The van der Waals surface area contributed by atoms with Gasteiger partial charge in [0.25, 0.3) is 11.5 Å². The zero-order valence-corrected chi connectivity index (χ0v) is 15.6. The number of benzene rings is 1. The second-order valence-corrected chi connectivity index (χ2v) is 7.02. The van der Waals surface area contributed by atoms with Crippen molar-refractivity contribution < 1.29 is 9.59 Å². The maximum atomic E-state index is 12.7. The van der Waals surface area contributed by atoms with Gasteiger partial charge in [-0.2, -0.15) is 0 Å². The number of carbonyl (C=O) groups is 2. The van der Waals surface area contributed by atoms with Gasteiger partial charge in [-0.15, -0.1) is 11.3 Å². The number of carbonyl (C=O) groups excluding carboxylic acids is 2. The third-order valence-corrected chi connectivity index (χ3v) is 4.98. The summed E-state index contributed by atoms with van der Waals surface area (Å²) in [7, 11) is 1.60. The molecule has 0 saturated carbocycles. The van der Waals surface area contributed by atoms with E-state index < -0.39 is 6.04 Å². The summed E-state index contributed by atoms with van der Waals surface area (Å²) >= 11 is 1.29. The Balaban J connectivity index is 1.73. The third-order valence-electron chi connectivity index (χ3n) is 4.11. The summed E-state index contributed by atoms with van der Waals surface area (Å²) in [4.78, 5) is 37.7. The molecule has 140 valence electrons. The summed E-state index contributed by atoms with van der Waals surface area (Å²) < 4.78 is 1.33. The molecule has 27 heavy (non-hydrogen) atoms. The first-order valence-electron chi connectivity index (χ1n) is 8.44. The van der Waals surface area contributed by atoms with Gasteiger partial charge in [-0.1, -0.05) is 36.4 Å². The van der Waals surface area contributed by atoms with Gasteiger partial charge in [-0.25, -0.2) is 0 Å². The van der Waals surface area contributed by atoms with Crippen molar-refractivity contribution in [3.63, 3.8) is 0 Å². The molecule has 7 nitrogen and oxygen atoms in total. The fourth-order valence-electron chi connectivity index (χ4n) is 2.63. The number of rotatable bonds is 7. The van der Waals surface area contributed by atoms with Gasteiger partial charge < -0.3 is 15.7 Å². The van der Waals surface area contributed by atoms with Crippen LogP contribution in [0.1, 0.15) is 20.8 Å². The van der Waals surface area contributed by atoms with Crippen LogP contribution in [0.2, 0.25) is 0 Å². The highest BCUT2D eigenvalue weighted by atomic mass is 32.1. The van der Waals surface area contributed by atoms with Crippen molar-refractivity contribution in [1.29, 1.82) is 0 Å². The monoisotopic (exact) mass is 384 g/mol. The van der Waals surface area contributed by atoms with Crippen LogP contribution in [-0.4, -0.2) is 27.6 Å². The lowest BCUT2D eigenvalue weighted by molar-refractivity contribution is -0.123. The minimum Gasteiger partial charge on any atom is -0.350 e. The Labute approximate surface area is 160 Å². The molecule has 2 heterocycles. The van der Waals surface area contributed by atoms with Crippen molar-refractivity contribution >= 4 is 23.2 Å². The lowest BCUT2D eigenvalue weighted by Crippen LogP contribution is -2.48. The number of aryl methyl sites for hydroxylation is 1. The Hall–Kier alpha value is -3.13. The first-order chi connectivity index (χ1) is 13.0. The quantitative estimate of drug-likeness (QED) is 0.575. The third kappa shape index (κ3) is 4.73. The highest BCUT2D eigenvalue weighted by molar-refractivity contribution is 7.12. The Morgan fingerprint density at radius 1 is 1.19 bits per heavy atom. The standard InChI is InChI=1S/C19H20N4O3S/c1-23-19(26)14(12-21-23)10-15(22-18(25)16-8-5-9-27-16)17(24)20-11-13-6-3-2-4-7-13/h2-9,12,15,21H,10-11H2,1H3,(H,20,24)(H,22,25). The predicted molar refractivity (Wildman–Crippen MR) is 104 cm³/mol. The van der Waals surface area contributed by atoms with E-state index in [9.17, 15) is 14.4 Å². The smallest absolute Gasteiger partial charge is 0.269 e. The van der Waals surface area contributed by atoms with Gasteiger partial charge in [0.15, 0.2) is 0 Å². The van der Waals surface area contributed by atoms with E-state index >= 15 is 0 Å². The van der Waals surface area contributed by atoms with Crippen LogP contribution < -0.4 is 16.2 Å². The molecule has 8 heteroatoms. The largest absolute Gasteiger partial charge is 0.350 e. The van der Waals surface area contributed by atoms with Gasteiger partial charge in [0.1, 0.15) is 6.04 Å². The summed E-state index contributed by atoms with van der Waals surface area (Å²) in [6.45, 7) is 0.343. The number of nitrogens with one attached hydrogen (secondary N) is 3. The van der Waals surface area contributed by atoms with E-state index in [0.29, 0.717) is 17.0 Å². The summed E-state index contributed by atoms with van der Waals surface area (Å²) in [6, 6.07) is 12.1. The number of hydrogen-bond donors (Lipinski definition) is 3. The van der Waals surface area contributed by atoms with E-state index in [4.69, 9.17) is 0 Å². The van der Waals surface area contributed by atoms with Crippen LogP contribution >= 0.6 is 11.3 Å². The van der Waals surface area contributed by atoms with Crippen LogP contribution in [0.25, 0.3) is 0 Å². The molecule has 2 amide bonds. The number of nitrogens with zero attached hydrogens (tertiary/aromatic N) is 1. The molecule has 0 saturated heterocycles. The maximum Gasteiger partial charge on any atom is 0.269 e. The molecule has 2 aromatic heterocycles. The molecule has 1 unspecified atom stereocenters. The van der Waals surface area contributed by atoms with Crippen LogP contribution in [0.4, 0.5) is 0 Å². The van der Waals surface area contributed by atoms with Crippen molar-refractivity contribution in [2.75, 3.05) is 0 Å². The lowest BCUT2D eigenvalue weighted by atomic mass is 10.1. The van der Waals surface area contributed by atoms with E-state index in [1.54, 1.807) is 30.8 Å². The van der Waals surface area contributed by atoms with Gasteiger partial charge in [-0.05, 0) is 17.0 Å². The van der Waals surface area contributed by atoms with Crippen LogP contribution in [0.15, 0.2) is 58.8 Å². The Bertz CT molecular complexity index is 961. The second kappa shape index (κ2) is 8.50. The van der Waals surface area contributed by atoms with Crippen molar-refractivity contribution in [1.82, 2.24) is 20.4 Å². The number of aromatic amines is 1. The molecular weight excluding hydrogens is 364 g/mol. The van der Waals surface area contributed by atoms with Crippen molar-refractivity contribution in [3.05, 3.63) is 80.4 Å². The van der Waals surface area contributed by atoms with E-state index in [1.165, 1.54) is 16.0 Å². The van der Waals surface area contributed by atoms with Crippen molar-refractivity contribution in [2.45, 2.75) is 19.0 Å². The fourth-order valence-corrected chi connectivity index (χ4v) is 3.26. The van der Waals surface area contributed by atoms with Crippen LogP contribution in [-0.2, 0) is 24.8 Å². The maximum absolute atomic E-state index is 12.7. The summed E-state index contributed by atoms with van der Waals surface area (Å²) in [5.74, 6) is -0.677. The van der Waals surface area contributed by atoms with E-state index in [1.807, 2.05) is 30.3 Å². The van der Waals surface area contributed by atoms with Crippen molar-refractivity contribution in [2.24, 2.45) is 7.05 Å². The number of H-pyrrole nitrogens is 1. The summed E-state index contributed by atoms with van der Waals surface area (Å²) in [5.41, 5.74) is 1.16.